The van der Waals surface area contributed by atoms with E-state index in [-0.39, 0.29) is 6.04 Å². The van der Waals surface area contributed by atoms with Crippen molar-refractivity contribution in [2.75, 3.05) is 13.7 Å². The summed E-state index contributed by atoms with van der Waals surface area (Å²) in [5.74, 6) is -0.444. The van der Waals surface area contributed by atoms with Gasteiger partial charge in [-0.25, -0.2) is 9.78 Å². The standard InChI is InChI=1S/C10H13N3O3/c1-15-6-7(11)5-13-9-8(16-10(13)14)3-2-4-12-9/h2-4,7H,5-6,11H2,1H3. The zero-order valence-electron chi connectivity index (χ0n) is 8.92. The van der Waals surface area contributed by atoms with Crippen molar-refractivity contribution in [1.29, 1.82) is 0 Å². The molecule has 1 unspecified atom stereocenters. The molecule has 0 aliphatic rings. The highest BCUT2D eigenvalue weighted by atomic mass is 16.5. The number of oxazole rings is 1. The van der Waals surface area contributed by atoms with Crippen LogP contribution < -0.4 is 11.5 Å². The van der Waals surface area contributed by atoms with Gasteiger partial charge in [-0.15, -0.1) is 0 Å². The molecule has 0 saturated carbocycles. The van der Waals surface area contributed by atoms with E-state index in [2.05, 4.69) is 4.98 Å². The van der Waals surface area contributed by atoms with Crippen LogP contribution in [0.25, 0.3) is 11.2 Å². The summed E-state index contributed by atoms with van der Waals surface area (Å²) in [5, 5.41) is 0. The van der Waals surface area contributed by atoms with E-state index in [4.69, 9.17) is 14.9 Å². The van der Waals surface area contributed by atoms with Crippen molar-refractivity contribution < 1.29 is 9.15 Å². The largest absolute Gasteiger partial charge is 0.421 e. The smallest absolute Gasteiger partial charge is 0.406 e. The van der Waals surface area contributed by atoms with E-state index in [1.54, 1.807) is 25.4 Å². The monoisotopic (exact) mass is 223 g/mol. The number of hydrogen-bond donors (Lipinski definition) is 1. The van der Waals surface area contributed by atoms with Gasteiger partial charge in [0.05, 0.1) is 6.61 Å². The summed E-state index contributed by atoms with van der Waals surface area (Å²) in [6.45, 7) is 0.711. The van der Waals surface area contributed by atoms with Crippen molar-refractivity contribution in [2.24, 2.45) is 5.73 Å². The first-order chi connectivity index (χ1) is 7.72. The third kappa shape index (κ3) is 1.98. The van der Waals surface area contributed by atoms with Gasteiger partial charge in [-0.2, -0.15) is 0 Å². The lowest BCUT2D eigenvalue weighted by molar-refractivity contribution is 0.173. The zero-order valence-corrected chi connectivity index (χ0v) is 8.92. The molecule has 2 rings (SSSR count). The number of pyridine rings is 1. The van der Waals surface area contributed by atoms with Crippen LogP contribution >= 0.6 is 0 Å². The normalized spacial score (nSPS) is 13.1. The molecule has 2 N–H and O–H groups in total. The second-order valence-corrected chi connectivity index (χ2v) is 3.52. The first-order valence-electron chi connectivity index (χ1n) is 4.91. The summed E-state index contributed by atoms with van der Waals surface area (Å²) in [7, 11) is 1.56. The molecular formula is C10H13N3O3. The minimum Gasteiger partial charge on any atom is -0.406 e. The van der Waals surface area contributed by atoms with Gasteiger partial charge in [0.15, 0.2) is 11.2 Å². The summed E-state index contributed by atoms with van der Waals surface area (Å²) >= 11 is 0. The van der Waals surface area contributed by atoms with Gasteiger partial charge in [-0.1, -0.05) is 0 Å². The number of rotatable bonds is 4. The van der Waals surface area contributed by atoms with Gasteiger partial charge in [-0.3, -0.25) is 4.57 Å². The van der Waals surface area contributed by atoms with Crippen LogP contribution in [0.3, 0.4) is 0 Å². The fourth-order valence-corrected chi connectivity index (χ4v) is 1.56. The molecule has 6 heteroatoms. The molecule has 1 atom stereocenters. The highest BCUT2D eigenvalue weighted by Gasteiger charge is 2.12. The summed E-state index contributed by atoms with van der Waals surface area (Å²) < 4.78 is 11.4. The highest BCUT2D eigenvalue weighted by Crippen LogP contribution is 2.08. The predicted molar refractivity (Wildman–Crippen MR) is 58.1 cm³/mol. The fourth-order valence-electron chi connectivity index (χ4n) is 1.56. The zero-order chi connectivity index (χ0) is 11.5. The SMILES string of the molecule is COCC(N)Cn1c(=O)oc2cccnc21. The fraction of sp³-hybridized carbons (Fsp3) is 0.400. The van der Waals surface area contributed by atoms with Gasteiger partial charge in [0.1, 0.15) is 0 Å². The van der Waals surface area contributed by atoms with Crippen LogP contribution in [0.4, 0.5) is 0 Å². The van der Waals surface area contributed by atoms with Crippen molar-refractivity contribution in [3.63, 3.8) is 0 Å². The Labute approximate surface area is 91.6 Å². The van der Waals surface area contributed by atoms with E-state index in [1.807, 2.05) is 0 Å². The van der Waals surface area contributed by atoms with Crippen LogP contribution in [0.2, 0.25) is 0 Å². The molecule has 0 fully saturated rings. The van der Waals surface area contributed by atoms with Crippen LogP contribution in [0.5, 0.6) is 0 Å². The number of aromatic nitrogens is 2. The molecule has 2 aromatic heterocycles. The maximum atomic E-state index is 11.5. The number of nitrogens with two attached hydrogens (primary N) is 1. The van der Waals surface area contributed by atoms with Crippen LogP contribution in [0, 0.1) is 0 Å². The van der Waals surface area contributed by atoms with Gasteiger partial charge in [-0.05, 0) is 12.1 Å². The van der Waals surface area contributed by atoms with Crippen LogP contribution in [-0.2, 0) is 11.3 Å². The number of ether oxygens (including phenoxy) is 1. The Balaban J connectivity index is 2.36. The van der Waals surface area contributed by atoms with Crippen molar-refractivity contribution >= 4 is 11.2 Å². The third-order valence-corrected chi connectivity index (χ3v) is 2.22. The quantitative estimate of drug-likeness (QED) is 0.786. The molecule has 0 bridgehead atoms. The lowest BCUT2D eigenvalue weighted by atomic mass is 10.3. The first-order valence-corrected chi connectivity index (χ1v) is 4.91. The molecule has 0 spiro atoms. The van der Waals surface area contributed by atoms with Crippen molar-refractivity contribution in [1.82, 2.24) is 9.55 Å². The summed E-state index contributed by atoms with van der Waals surface area (Å²) in [5.41, 5.74) is 6.76. The predicted octanol–water partition coefficient (Wildman–Crippen LogP) is -0.0368. The molecule has 0 radical (unpaired) electrons. The lowest BCUT2D eigenvalue weighted by Crippen LogP contribution is -2.34. The number of methoxy groups -OCH3 is 1. The Hall–Kier alpha value is -1.66. The van der Waals surface area contributed by atoms with Gasteiger partial charge < -0.3 is 14.9 Å². The number of fused-ring (bicyclic) bond motifs is 1. The van der Waals surface area contributed by atoms with E-state index in [0.29, 0.717) is 24.4 Å². The van der Waals surface area contributed by atoms with Crippen LogP contribution in [0.15, 0.2) is 27.5 Å². The molecule has 16 heavy (non-hydrogen) atoms. The number of hydrogen-bond acceptors (Lipinski definition) is 5. The van der Waals surface area contributed by atoms with E-state index in [1.165, 1.54) is 4.57 Å². The molecule has 0 aliphatic heterocycles. The molecule has 2 aromatic rings. The van der Waals surface area contributed by atoms with Gasteiger partial charge in [0.2, 0.25) is 0 Å². The van der Waals surface area contributed by atoms with Gasteiger partial charge in [0, 0.05) is 25.9 Å². The van der Waals surface area contributed by atoms with Crippen LogP contribution in [-0.4, -0.2) is 29.3 Å². The second-order valence-electron chi connectivity index (χ2n) is 3.52. The topological polar surface area (TPSA) is 83.3 Å². The Morgan fingerprint density at radius 1 is 1.69 bits per heavy atom. The van der Waals surface area contributed by atoms with Crippen molar-refractivity contribution in [3.05, 3.63) is 28.9 Å². The van der Waals surface area contributed by atoms with Gasteiger partial charge >= 0.3 is 5.76 Å². The summed E-state index contributed by atoms with van der Waals surface area (Å²) in [6, 6.07) is 3.15. The Bertz CT molecular complexity index is 531. The molecular weight excluding hydrogens is 210 g/mol. The van der Waals surface area contributed by atoms with E-state index < -0.39 is 5.76 Å². The molecule has 0 aromatic carbocycles. The van der Waals surface area contributed by atoms with Crippen LogP contribution in [0.1, 0.15) is 0 Å². The molecule has 0 aliphatic carbocycles. The highest BCUT2D eigenvalue weighted by molar-refractivity contribution is 5.67. The molecule has 0 saturated heterocycles. The van der Waals surface area contributed by atoms with Crippen molar-refractivity contribution in [3.8, 4) is 0 Å². The Morgan fingerprint density at radius 2 is 2.50 bits per heavy atom. The molecule has 2 heterocycles. The third-order valence-electron chi connectivity index (χ3n) is 2.22. The molecule has 0 amide bonds. The number of nitrogens with zero attached hydrogens (tertiary/aromatic N) is 2. The summed E-state index contributed by atoms with van der Waals surface area (Å²) in [6.07, 6.45) is 1.61. The second kappa shape index (κ2) is 4.46. The van der Waals surface area contributed by atoms with Gasteiger partial charge in [0.25, 0.3) is 0 Å². The van der Waals surface area contributed by atoms with Crippen molar-refractivity contribution in [2.45, 2.75) is 12.6 Å². The van der Waals surface area contributed by atoms with E-state index >= 15 is 0 Å². The maximum absolute atomic E-state index is 11.5. The Kier molecular flexibility index (Phi) is 3.02. The van der Waals surface area contributed by atoms with E-state index in [0.717, 1.165) is 0 Å². The lowest BCUT2D eigenvalue weighted by Gasteiger charge is -2.09. The molecule has 86 valence electrons. The average Bonchev–Trinajstić information content (AvgIpc) is 2.56. The maximum Gasteiger partial charge on any atom is 0.421 e. The minimum atomic E-state index is -0.444. The Morgan fingerprint density at radius 3 is 3.25 bits per heavy atom. The first kappa shape index (κ1) is 10.8. The average molecular weight is 223 g/mol. The van der Waals surface area contributed by atoms with E-state index in [9.17, 15) is 4.79 Å². The molecule has 6 nitrogen and oxygen atoms in total. The summed E-state index contributed by atoms with van der Waals surface area (Å²) in [4.78, 5) is 15.6. The minimum absolute atomic E-state index is 0.259.